The lowest BCUT2D eigenvalue weighted by molar-refractivity contribution is 0.577. The van der Waals surface area contributed by atoms with E-state index >= 15 is 0 Å². The zero-order valence-corrected chi connectivity index (χ0v) is 17.5. The average molecular weight is 439 g/mol. The molecule has 0 aliphatic rings. The molecule has 30 heavy (non-hydrogen) atoms. The molecule has 0 unspecified atom stereocenters. The Labute approximate surface area is 180 Å². The minimum atomic E-state index is -3.85. The van der Waals surface area contributed by atoms with E-state index in [0.717, 1.165) is 5.56 Å². The Kier molecular flexibility index (Phi) is 5.88. The van der Waals surface area contributed by atoms with Gasteiger partial charge >= 0.3 is 0 Å². The van der Waals surface area contributed by atoms with E-state index in [-0.39, 0.29) is 21.7 Å². The number of hydrogen-bond acceptors (Lipinski definition) is 5. The number of sulfone groups is 1. The summed E-state index contributed by atoms with van der Waals surface area (Å²) in [5.74, 6) is 0.336. The summed E-state index contributed by atoms with van der Waals surface area (Å²) in [5, 5.41) is 3.54. The maximum absolute atomic E-state index is 13.2. The molecule has 1 heterocycles. The van der Waals surface area contributed by atoms with Crippen LogP contribution in [0.5, 0.6) is 0 Å². The molecule has 0 saturated carbocycles. The van der Waals surface area contributed by atoms with Crippen molar-refractivity contribution in [3.05, 3.63) is 95.5 Å². The Morgan fingerprint density at radius 1 is 0.867 bits per heavy atom. The fourth-order valence-electron chi connectivity index (χ4n) is 2.99. The van der Waals surface area contributed by atoms with E-state index in [4.69, 9.17) is 16.0 Å². The smallest absolute Gasteiger partial charge is 0.233 e. The predicted molar refractivity (Wildman–Crippen MR) is 117 cm³/mol. The van der Waals surface area contributed by atoms with Crippen LogP contribution in [0.3, 0.4) is 0 Å². The topological polar surface area (TPSA) is 72.2 Å². The monoisotopic (exact) mass is 438 g/mol. The van der Waals surface area contributed by atoms with Crippen LogP contribution in [0.4, 0.5) is 5.88 Å². The molecule has 4 aromatic rings. The van der Waals surface area contributed by atoms with Crippen LogP contribution in [0.2, 0.25) is 5.02 Å². The molecule has 5 nitrogen and oxygen atoms in total. The first kappa shape index (κ1) is 20.2. The first-order valence-electron chi connectivity index (χ1n) is 9.39. The Morgan fingerprint density at radius 2 is 1.50 bits per heavy atom. The lowest BCUT2D eigenvalue weighted by Crippen LogP contribution is -2.09. The Hall–Kier alpha value is -3.09. The van der Waals surface area contributed by atoms with Crippen molar-refractivity contribution in [2.45, 2.75) is 16.3 Å². The minimum absolute atomic E-state index is 0.125. The van der Waals surface area contributed by atoms with E-state index in [9.17, 15) is 8.42 Å². The van der Waals surface area contributed by atoms with Gasteiger partial charge in [0.2, 0.25) is 26.6 Å². The Morgan fingerprint density at radius 3 is 2.17 bits per heavy atom. The van der Waals surface area contributed by atoms with E-state index in [0.29, 0.717) is 23.6 Å². The maximum atomic E-state index is 13.2. The Bertz CT molecular complexity index is 1220. The summed E-state index contributed by atoms with van der Waals surface area (Å²) < 4.78 is 32.2. The van der Waals surface area contributed by atoms with Crippen molar-refractivity contribution < 1.29 is 12.8 Å². The van der Waals surface area contributed by atoms with Gasteiger partial charge in [-0.05, 0) is 48.4 Å². The Balaban J connectivity index is 1.68. The molecular formula is C23H19ClN2O3S. The van der Waals surface area contributed by atoms with Gasteiger partial charge in [0, 0.05) is 17.1 Å². The molecule has 0 radical (unpaired) electrons. The molecule has 0 aliphatic heterocycles. The molecule has 1 N–H and O–H groups in total. The van der Waals surface area contributed by atoms with Gasteiger partial charge in [-0.15, -0.1) is 0 Å². The van der Waals surface area contributed by atoms with Crippen LogP contribution in [-0.2, 0) is 16.3 Å². The number of anilines is 1. The highest BCUT2D eigenvalue weighted by molar-refractivity contribution is 7.91. The van der Waals surface area contributed by atoms with Crippen LogP contribution in [0.15, 0.2) is 99.3 Å². The highest BCUT2D eigenvalue weighted by Crippen LogP contribution is 2.32. The number of rotatable bonds is 7. The molecule has 0 aliphatic carbocycles. The highest BCUT2D eigenvalue weighted by Gasteiger charge is 2.28. The van der Waals surface area contributed by atoms with Gasteiger partial charge in [0.05, 0.1) is 4.90 Å². The first-order chi connectivity index (χ1) is 14.5. The number of oxazole rings is 1. The molecule has 0 fully saturated rings. The molecule has 1 aromatic heterocycles. The molecule has 3 aromatic carbocycles. The summed E-state index contributed by atoms with van der Waals surface area (Å²) in [6.45, 7) is 0.497. The van der Waals surface area contributed by atoms with Crippen molar-refractivity contribution in [2.24, 2.45) is 0 Å². The van der Waals surface area contributed by atoms with Crippen molar-refractivity contribution >= 4 is 27.3 Å². The average Bonchev–Trinajstić information content (AvgIpc) is 3.21. The largest absolute Gasteiger partial charge is 0.419 e. The molecule has 4 rings (SSSR count). The van der Waals surface area contributed by atoms with Gasteiger partial charge in [-0.2, -0.15) is 4.98 Å². The predicted octanol–water partition coefficient (Wildman–Crippen LogP) is 5.48. The molecule has 0 spiro atoms. The van der Waals surface area contributed by atoms with E-state index in [1.165, 1.54) is 0 Å². The molecule has 0 atom stereocenters. The minimum Gasteiger partial charge on any atom is -0.419 e. The van der Waals surface area contributed by atoms with E-state index in [1.807, 2.05) is 30.3 Å². The van der Waals surface area contributed by atoms with Crippen LogP contribution in [-0.4, -0.2) is 19.9 Å². The van der Waals surface area contributed by atoms with Crippen molar-refractivity contribution in [3.63, 3.8) is 0 Å². The van der Waals surface area contributed by atoms with Gasteiger partial charge in [0.1, 0.15) is 0 Å². The summed E-state index contributed by atoms with van der Waals surface area (Å²) in [6.07, 6.45) is 0.711. The summed E-state index contributed by atoms with van der Waals surface area (Å²) in [6, 6.07) is 25.0. The highest BCUT2D eigenvalue weighted by atomic mass is 35.5. The number of aromatic nitrogens is 1. The fraction of sp³-hybridized carbons (Fsp3) is 0.0870. The van der Waals surface area contributed by atoms with Gasteiger partial charge in [0.15, 0.2) is 0 Å². The summed E-state index contributed by atoms with van der Waals surface area (Å²) in [7, 11) is -3.85. The first-order valence-corrected chi connectivity index (χ1v) is 11.2. The van der Waals surface area contributed by atoms with Crippen LogP contribution < -0.4 is 5.32 Å². The maximum Gasteiger partial charge on any atom is 0.233 e. The lowest BCUT2D eigenvalue weighted by atomic mass is 10.1. The van der Waals surface area contributed by atoms with E-state index in [2.05, 4.69) is 10.3 Å². The number of nitrogens with one attached hydrogen (secondary N) is 1. The lowest BCUT2D eigenvalue weighted by Gasteiger charge is -2.06. The second-order valence-corrected chi connectivity index (χ2v) is 8.94. The standard InChI is InChI=1S/C23H19ClN2O3S/c24-19-13-11-18(12-14-19)21-26-23(30(27,28)20-9-5-2-6-10-20)22(29-21)25-16-15-17-7-3-1-4-8-17/h1-14,25H,15-16H2. The van der Waals surface area contributed by atoms with Gasteiger partial charge in [-0.1, -0.05) is 60.1 Å². The van der Waals surface area contributed by atoms with Crippen LogP contribution in [0.25, 0.3) is 11.5 Å². The van der Waals surface area contributed by atoms with Gasteiger partial charge in [-0.3, -0.25) is 0 Å². The SMILES string of the molecule is O=S(=O)(c1ccccc1)c1nc(-c2ccc(Cl)cc2)oc1NCCc1ccccc1. The van der Waals surface area contributed by atoms with Gasteiger partial charge in [0.25, 0.3) is 0 Å². The molecule has 152 valence electrons. The van der Waals surface area contributed by atoms with Gasteiger partial charge in [-0.25, -0.2) is 8.42 Å². The van der Waals surface area contributed by atoms with Crippen LogP contribution in [0.1, 0.15) is 5.56 Å². The number of halogens is 1. The van der Waals surface area contributed by atoms with Crippen LogP contribution >= 0.6 is 11.6 Å². The fourth-order valence-corrected chi connectivity index (χ4v) is 4.42. The van der Waals surface area contributed by atoms with E-state index < -0.39 is 9.84 Å². The van der Waals surface area contributed by atoms with Crippen LogP contribution in [0, 0.1) is 0 Å². The van der Waals surface area contributed by atoms with E-state index in [1.54, 1.807) is 54.6 Å². The van der Waals surface area contributed by atoms with Crippen molar-refractivity contribution in [2.75, 3.05) is 11.9 Å². The normalized spacial score (nSPS) is 11.4. The summed E-state index contributed by atoms with van der Waals surface area (Å²) in [4.78, 5) is 4.48. The second-order valence-electron chi connectivity index (χ2n) is 6.64. The van der Waals surface area contributed by atoms with Crippen molar-refractivity contribution in [3.8, 4) is 11.5 Å². The molecule has 0 amide bonds. The van der Waals surface area contributed by atoms with Gasteiger partial charge < -0.3 is 9.73 Å². The third kappa shape index (κ3) is 4.40. The number of hydrogen-bond donors (Lipinski definition) is 1. The molecular weight excluding hydrogens is 420 g/mol. The molecule has 0 saturated heterocycles. The quantitative estimate of drug-likeness (QED) is 0.413. The number of benzene rings is 3. The zero-order chi connectivity index (χ0) is 21.0. The molecule has 7 heteroatoms. The summed E-state index contributed by atoms with van der Waals surface area (Å²) >= 11 is 5.96. The van der Waals surface area contributed by atoms with Crippen molar-refractivity contribution in [1.29, 1.82) is 0 Å². The third-order valence-corrected chi connectivity index (χ3v) is 6.47. The van der Waals surface area contributed by atoms with Crippen molar-refractivity contribution in [1.82, 2.24) is 4.98 Å². The third-order valence-electron chi connectivity index (χ3n) is 4.54. The second kappa shape index (κ2) is 8.73. The summed E-state index contributed by atoms with van der Waals surface area (Å²) in [5.41, 5.74) is 1.77. The molecule has 0 bridgehead atoms. The number of nitrogens with zero attached hydrogens (tertiary/aromatic N) is 1. The zero-order valence-electron chi connectivity index (χ0n) is 16.0.